The third-order valence-corrected chi connectivity index (χ3v) is 5.38. The van der Waals surface area contributed by atoms with Gasteiger partial charge < -0.3 is 4.74 Å². The molecule has 18 heavy (non-hydrogen) atoms. The number of rotatable bonds is 3. The van der Waals surface area contributed by atoms with E-state index in [9.17, 15) is 4.79 Å². The lowest BCUT2D eigenvalue weighted by Gasteiger charge is -2.35. The van der Waals surface area contributed by atoms with Crippen LogP contribution in [0.4, 0.5) is 0 Å². The van der Waals surface area contributed by atoms with Gasteiger partial charge in [0, 0.05) is 17.4 Å². The van der Waals surface area contributed by atoms with Crippen molar-refractivity contribution in [2.24, 2.45) is 11.8 Å². The molecule has 3 heteroatoms. The quantitative estimate of drug-likeness (QED) is 0.758. The van der Waals surface area contributed by atoms with Crippen molar-refractivity contribution in [1.82, 2.24) is 0 Å². The van der Waals surface area contributed by atoms with Crippen LogP contribution in [0.25, 0.3) is 0 Å². The minimum Gasteiger partial charge on any atom is -0.475 e. The van der Waals surface area contributed by atoms with Gasteiger partial charge in [0.1, 0.15) is 5.75 Å². The van der Waals surface area contributed by atoms with E-state index in [1.54, 1.807) is 18.7 Å². The Hall–Kier alpha value is -0.960. The molecule has 2 nitrogen and oxygen atoms in total. The molecule has 1 aliphatic rings. The van der Waals surface area contributed by atoms with Crippen molar-refractivity contribution in [3.05, 3.63) is 23.8 Å². The Bertz CT molecular complexity index is 469. The average molecular weight is 264 g/mol. The molecule has 0 fully saturated rings. The molecule has 98 valence electrons. The first kappa shape index (κ1) is 13.5. The van der Waals surface area contributed by atoms with Crippen LogP contribution in [-0.4, -0.2) is 10.7 Å². The van der Waals surface area contributed by atoms with Gasteiger partial charge in [0.2, 0.25) is 0 Å². The zero-order chi connectivity index (χ0) is 13.5. The van der Waals surface area contributed by atoms with E-state index >= 15 is 0 Å². The Morgan fingerprint density at radius 1 is 1.22 bits per heavy atom. The third kappa shape index (κ3) is 2.05. The predicted octanol–water partition coefficient (Wildman–Crippen LogP) is 4.38. The highest BCUT2D eigenvalue weighted by molar-refractivity contribution is 8.01. The van der Waals surface area contributed by atoms with Crippen molar-refractivity contribution in [3.63, 3.8) is 0 Å². The van der Waals surface area contributed by atoms with E-state index in [1.165, 1.54) is 0 Å². The summed E-state index contributed by atoms with van der Waals surface area (Å²) in [5.41, 5.74) is 0.758. The second kappa shape index (κ2) is 4.61. The Balaban J connectivity index is 2.39. The number of carbonyl (C=O) groups is 1. The van der Waals surface area contributed by atoms with Gasteiger partial charge in [-0.25, -0.2) is 0 Å². The number of benzene rings is 1. The zero-order valence-electron chi connectivity index (χ0n) is 11.6. The normalized spacial score (nSPS) is 16.8. The average Bonchev–Trinajstić information content (AvgIpc) is 2.68. The van der Waals surface area contributed by atoms with Gasteiger partial charge in [0.15, 0.2) is 10.7 Å². The summed E-state index contributed by atoms with van der Waals surface area (Å²) in [6, 6.07) is 5.72. The summed E-state index contributed by atoms with van der Waals surface area (Å²) in [5.74, 6) is 1.84. The molecule has 0 bridgehead atoms. The molecule has 2 rings (SSSR count). The first-order chi connectivity index (χ1) is 8.36. The second-order valence-corrected chi connectivity index (χ2v) is 6.73. The van der Waals surface area contributed by atoms with Crippen LogP contribution in [0.15, 0.2) is 23.1 Å². The fourth-order valence-corrected chi connectivity index (χ4v) is 3.74. The molecule has 0 radical (unpaired) electrons. The van der Waals surface area contributed by atoms with Crippen molar-refractivity contribution < 1.29 is 9.53 Å². The zero-order valence-corrected chi connectivity index (χ0v) is 12.4. The van der Waals surface area contributed by atoms with E-state index in [4.69, 9.17) is 4.74 Å². The highest BCUT2D eigenvalue weighted by atomic mass is 32.2. The molecule has 0 amide bonds. The Kier molecular flexibility index (Phi) is 3.45. The predicted molar refractivity (Wildman–Crippen MR) is 75.3 cm³/mol. The fraction of sp³-hybridized carbons (Fsp3) is 0.533. The molecule has 0 aliphatic carbocycles. The largest absolute Gasteiger partial charge is 0.475 e. The standard InChI is InChI=1S/C15H20O2S/c1-9(2)15(10(3)4)17-13-7-6-12(11(5)16)8-14(13)18-15/h6-10H,1-5H3. The summed E-state index contributed by atoms with van der Waals surface area (Å²) in [6.07, 6.45) is 0. The summed E-state index contributed by atoms with van der Waals surface area (Å²) < 4.78 is 6.20. The Labute approximate surface area is 113 Å². The smallest absolute Gasteiger partial charge is 0.163 e. The van der Waals surface area contributed by atoms with Crippen LogP contribution in [0, 0.1) is 11.8 Å². The van der Waals surface area contributed by atoms with E-state index in [2.05, 4.69) is 27.7 Å². The van der Waals surface area contributed by atoms with Gasteiger partial charge in [-0.15, -0.1) is 0 Å². The van der Waals surface area contributed by atoms with Crippen molar-refractivity contribution in [3.8, 4) is 5.75 Å². The van der Waals surface area contributed by atoms with Crippen LogP contribution in [0.2, 0.25) is 0 Å². The molecule has 0 saturated carbocycles. The summed E-state index contributed by atoms with van der Waals surface area (Å²) in [4.78, 5) is 12.3. The van der Waals surface area contributed by atoms with Crippen molar-refractivity contribution in [1.29, 1.82) is 0 Å². The molecule has 1 aromatic carbocycles. The first-order valence-corrected chi connectivity index (χ1v) is 7.21. The summed E-state index contributed by atoms with van der Waals surface area (Å²) in [7, 11) is 0. The van der Waals surface area contributed by atoms with Crippen LogP contribution in [0.3, 0.4) is 0 Å². The molecule has 0 spiro atoms. The maximum absolute atomic E-state index is 11.4. The topological polar surface area (TPSA) is 26.3 Å². The molecular weight excluding hydrogens is 244 g/mol. The SMILES string of the molecule is CC(=O)c1ccc2c(c1)SC(C(C)C)(C(C)C)O2. The molecule has 1 heterocycles. The summed E-state index contributed by atoms with van der Waals surface area (Å²) in [5, 5.41) is 0. The number of fused-ring (bicyclic) bond motifs is 1. The lowest BCUT2D eigenvalue weighted by atomic mass is 9.95. The van der Waals surface area contributed by atoms with Crippen LogP contribution in [-0.2, 0) is 0 Å². The van der Waals surface area contributed by atoms with Crippen LogP contribution in [0.5, 0.6) is 5.75 Å². The highest BCUT2D eigenvalue weighted by Crippen LogP contribution is 2.54. The first-order valence-electron chi connectivity index (χ1n) is 6.40. The molecule has 0 aromatic heterocycles. The van der Waals surface area contributed by atoms with Crippen LogP contribution < -0.4 is 4.74 Å². The number of ether oxygens (including phenoxy) is 1. The lowest BCUT2D eigenvalue weighted by Crippen LogP contribution is -2.40. The van der Waals surface area contributed by atoms with Gasteiger partial charge in [0.25, 0.3) is 0 Å². The second-order valence-electron chi connectivity index (χ2n) is 5.45. The maximum atomic E-state index is 11.4. The van der Waals surface area contributed by atoms with E-state index in [1.807, 2.05) is 18.2 Å². The van der Waals surface area contributed by atoms with E-state index in [0.717, 1.165) is 16.2 Å². The monoisotopic (exact) mass is 264 g/mol. The Morgan fingerprint density at radius 2 is 1.83 bits per heavy atom. The third-order valence-electron chi connectivity index (χ3n) is 3.50. The molecule has 0 saturated heterocycles. The molecule has 0 atom stereocenters. The van der Waals surface area contributed by atoms with Crippen molar-refractivity contribution in [2.75, 3.05) is 0 Å². The Morgan fingerprint density at radius 3 is 2.33 bits per heavy atom. The number of carbonyl (C=O) groups excluding carboxylic acids is 1. The number of hydrogen-bond acceptors (Lipinski definition) is 3. The molecule has 0 N–H and O–H groups in total. The number of Topliss-reactive ketones (excluding diaryl/α,β-unsaturated/α-hetero) is 1. The maximum Gasteiger partial charge on any atom is 0.163 e. The molecule has 1 aliphatic heterocycles. The van der Waals surface area contributed by atoms with Gasteiger partial charge in [-0.2, -0.15) is 0 Å². The number of hydrogen-bond donors (Lipinski definition) is 0. The number of ketones is 1. The van der Waals surface area contributed by atoms with E-state index < -0.39 is 0 Å². The lowest BCUT2D eigenvalue weighted by molar-refractivity contribution is 0.0756. The van der Waals surface area contributed by atoms with Crippen LogP contribution >= 0.6 is 11.8 Å². The van der Waals surface area contributed by atoms with Crippen molar-refractivity contribution >= 4 is 17.5 Å². The minimum atomic E-state index is -0.211. The van der Waals surface area contributed by atoms with Gasteiger partial charge in [-0.05, 0) is 25.1 Å². The molecule has 1 aromatic rings. The highest BCUT2D eigenvalue weighted by Gasteiger charge is 2.46. The molecular formula is C15H20O2S. The van der Waals surface area contributed by atoms with Gasteiger partial charge in [-0.3, -0.25) is 4.79 Å². The van der Waals surface area contributed by atoms with E-state index in [-0.39, 0.29) is 10.7 Å². The van der Waals surface area contributed by atoms with Gasteiger partial charge >= 0.3 is 0 Å². The summed E-state index contributed by atoms with van der Waals surface area (Å²) in [6.45, 7) is 10.3. The van der Waals surface area contributed by atoms with Gasteiger partial charge in [0.05, 0.1) is 4.90 Å². The fourth-order valence-electron chi connectivity index (χ4n) is 2.39. The van der Waals surface area contributed by atoms with Gasteiger partial charge in [-0.1, -0.05) is 39.5 Å². The minimum absolute atomic E-state index is 0.102. The number of thioether (sulfide) groups is 1. The van der Waals surface area contributed by atoms with Crippen molar-refractivity contribution in [2.45, 2.75) is 44.4 Å². The summed E-state index contributed by atoms with van der Waals surface area (Å²) >= 11 is 1.76. The molecule has 0 unspecified atom stereocenters. The van der Waals surface area contributed by atoms with E-state index in [0.29, 0.717) is 11.8 Å². The van der Waals surface area contributed by atoms with Crippen LogP contribution in [0.1, 0.15) is 45.0 Å².